The van der Waals surface area contributed by atoms with E-state index in [0.717, 1.165) is 59.8 Å². The van der Waals surface area contributed by atoms with Crippen molar-refractivity contribution in [3.8, 4) is 11.1 Å². The molecule has 0 radical (unpaired) electrons. The van der Waals surface area contributed by atoms with Gasteiger partial charge in [0.05, 0.1) is 11.3 Å². The summed E-state index contributed by atoms with van der Waals surface area (Å²) in [5.41, 5.74) is 5.09. The summed E-state index contributed by atoms with van der Waals surface area (Å²) >= 11 is 1.63. The molecule has 1 fully saturated rings. The summed E-state index contributed by atoms with van der Waals surface area (Å²) in [6, 6.07) is 4.17. The zero-order valence-electron chi connectivity index (χ0n) is 18.6. The van der Waals surface area contributed by atoms with Gasteiger partial charge in [-0.1, -0.05) is 13.8 Å². The Morgan fingerprint density at radius 3 is 2.52 bits per heavy atom. The number of carbonyl (C=O) groups excluding carboxylic acids is 1. The molecule has 0 bridgehead atoms. The predicted octanol–water partition coefficient (Wildman–Crippen LogP) is 4.74. The van der Waals surface area contributed by atoms with Gasteiger partial charge in [0, 0.05) is 53.5 Å². The molecule has 1 aliphatic heterocycles. The van der Waals surface area contributed by atoms with E-state index in [-0.39, 0.29) is 11.9 Å². The van der Waals surface area contributed by atoms with E-state index in [1.165, 1.54) is 4.88 Å². The first-order valence-corrected chi connectivity index (χ1v) is 11.7. The monoisotopic (exact) mass is 435 g/mol. The summed E-state index contributed by atoms with van der Waals surface area (Å²) in [6.45, 7) is 10.1. The van der Waals surface area contributed by atoms with Crippen molar-refractivity contribution in [3.05, 3.63) is 57.8 Å². The molecular formula is C24H29N5OS. The van der Waals surface area contributed by atoms with E-state index >= 15 is 0 Å². The number of hydrogen-bond acceptors (Lipinski definition) is 6. The predicted molar refractivity (Wildman–Crippen MR) is 126 cm³/mol. The minimum absolute atomic E-state index is 0.0420. The van der Waals surface area contributed by atoms with Gasteiger partial charge in [0.1, 0.15) is 0 Å². The van der Waals surface area contributed by atoms with Crippen LogP contribution in [-0.2, 0) is 0 Å². The molecule has 7 heteroatoms. The molecule has 6 nitrogen and oxygen atoms in total. The Balaban J connectivity index is 1.43. The molecule has 162 valence electrons. The number of aryl methyl sites for hydroxylation is 1. The number of aromatic nitrogens is 3. The van der Waals surface area contributed by atoms with Crippen molar-refractivity contribution >= 4 is 23.2 Å². The summed E-state index contributed by atoms with van der Waals surface area (Å²) in [5, 5.41) is 5.17. The van der Waals surface area contributed by atoms with Crippen molar-refractivity contribution in [2.75, 3.05) is 18.0 Å². The number of nitrogens with zero attached hydrogens (tertiary/aromatic N) is 4. The highest BCUT2D eigenvalue weighted by atomic mass is 32.1. The zero-order valence-corrected chi connectivity index (χ0v) is 19.4. The smallest absolute Gasteiger partial charge is 0.252 e. The molecule has 0 saturated carbocycles. The number of anilines is 1. The maximum atomic E-state index is 12.6. The van der Waals surface area contributed by atoms with Crippen molar-refractivity contribution in [3.63, 3.8) is 0 Å². The third-order valence-corrected chi connectivity index (χ3v) is 7.00. The van der Waals surface area contributed by atoms with Gasteiger partial charge < -0.3 is 10.2 Å². The lowest BCUT2D eigenvalue weighted by Crippen LogP contribution is -2.45. The molecule has 4 rings (SSSR count). The fourth-order valence-electron chi connectivity index (χ4n) is 3.96. The Kier molecular flexibility index (Phi) is 6.32. The second-order valence-electron chi connectivity index (χ2n) is 8.42. The highest BCUT2D eigenvalue weighted by molar-refractivity contribution is 7.10. The fraction of sp³-hybridized carbons (Fsp3) is 0.417. The van der Waals surface area contributed by atoms with Gasteiger partial charge in [-0.3, -0.25) is 9.78 Å². The van der Waals surface area contributed by atoms with Gasteiger partial charge in [-0.25, -0.2) is 9.97 Å². The van der Waals surface area contributed by atoms with E-state index in [1.54, 1.807) is 23.7 Å². The Hall–Kier alpha value is -2.80. The molecule has 1 N–H and O–H groups in total. The average molecular weight is 436 g/mol. The summed E-state index contributed by atoms with van der Waals surface area (Å²) in [5.74, 6) is 1.11. The number of nitrogens with one attached hydrogen (secondary N) is 1. The molecule has 0 spiro atoms. The highest BCUT2D eigenvalue weighted by Crippen LogP contribution is 2.29. The number of hydrogen-bond donors (Lipinski definition) is 1. The summed E-state index contributed by atoms with van der Waals surface area (Å²) in [6.07, 6.45) is 7.31. The van der Waals surface area contributed by atoms with E-state index in [4.69, 9.17) is 4.98 Å². The number of carbonyl (C=O) groups is 1. The normalized spacial score (nSPS) is 14.8. The number of rotatable bonds is 5. The largest absolute Gasteiger partial charge is 0.349 e. The van der Waals surface area contributed by atoms with E-state index in [1.807, 2.05) is 30.6 Å². The molecule has 0 atom stereocenters. The first-order valence-electron chi connectivity index (χ1n) is 10.8. The average Bonchev–Trinajstić information content (AvgIpc) is 3.13. The zero-order chi connectivity index (χ0) is 22.0. The number of thiophene rings is 1. The minimum Gasteiger partial charge on any atom is -0.349 e. The third kappa shape index (κ3) is 4.61. The Morgan fingerprint density at radius 1 is 1.19 bits per heavy atom. The van der Waals surface area contributed by atoms with Gasteiger partial charge in [-0.05, 0) is 55.9 Å². The van der Waals surface area contributed by atoms with Crippen LogP contribution in [0.1, 0.15) is 59.1 Å². The SMILES string of the molecule is Cc1scc(C(=O)NC2CCN(c3ncc(-c4ccncc4)c(C(C)C)n3)CC2)c1C. The fourth-order valence-corrected chi connectivity index (χ4v) is 4.82. The number of pyridine rings is 1. The number of piperidine rings is 1. The van der Waals surface area contributed by atoms with Crippen LogP contribution in [0, 0.1) is 13.8 Å². The molecule has 31 heavy (non-hydrogen) atoms. The number of amides is 1. The highest BCUT2D eigenvalue weighted by Gasteiger charge is 2.24. The van der Waals surface area contributed by atoms with E-state index in [0.29, 0.717) is 5.92 Å². The quantitative estimate of drug-likeness (QED) is 0.627. The Labute approximate surface area is 187 Å². The van der Waals surface area contributed by atoms with Gasteiger partial charge in [0.2, 0.25) is 5.95 Å². The van der Waals surface area contributed by atoms with Crippen LogP contribution in [0.4, 0.5) is 5.95 Å². The third-order valence-electron chi connectivity index (χ3n) is 5.99. The lowest BCUT2D eigenvalue weighted by atomic mass is 10.00. The van der Waals surface area contributed by atoms with Crippen LogP contribution in [0.2, 0.25) is 0 Å². The van der Waals surface area contributed by atoms with E-state index in [9.17, 15) is 4.79 Å². The first kappa shape index (κ1) is 21.4. The molecular weight excluding hydrogens is 406 g/mol. The van der Waals surface area contributed by atoms with Crippen molar-refractivity contribution < 1.29 is 4.79 Å². The maximum absolute atomic E-state index is 12.6. The van der Waals surface area contributed by atoms with Crippen LogP contribution >= 0.6 is 11.3 Å². The molecule has 4 heterocycles. The molecule has 3 aromatic heterocycles. The van der Waals surface area contributed by atoms with Crippen LogP contribution in [0.5, 0.6) is 0 Å². The maximum Gasteiger partial charge on any atom is 0.252 e. The standard InChI is InChI=1S/C24H29N5OS/c1-15(2)22-20(18-5-9-25-10-6-18)13-26-24(28-22)29-11-7-19(8-12-29)27-23(30)21-14-31-17(4)16(21)3/h5-6,9-10,13-15,19H,7-8,11-12H2,1-4H3,(H,27,30). The summed E-state index contributed by atoms with van der Waals surface area (Å²) in [4.78, 5) is 29.8. The van der Waals surface area contributed by atoms with Gasteiger partial charge in [0.25, 0.3) is 5.91 Å². The van der Waals surface area contributed by atoms with Gasteiger partial charge >= 0.3 is 0 Å². The molecule has 0 unspecified atom stereocenters. The van der Waals surface area contributed by atoms with Gasteiger partial charge in [-0.2, -0.15) is 0 Å². The van der Waals surface area contributed by atoms with Crippen molar-refractivity contribution in [1.82, 2.24) is 20.3 Å². The van der Waals surface area contributed by atoms with Gasteiger partial charge in [-0.15, -0.1) is 11.3 Å². The van der Waals surface area contributed by atoms with Gasteiger partial charge in [0.15, 0.2) is 0 Å². The van der Waals surface area contributed by atoms with Crippen LogP contribution in [0.3, 0.4) is 0 Å². The molecule has 1 saturated heterocycles. The van der Waals surface area contributed by atoms with E-state index < -0.39 is 0 Å². The lowest BCUT2D eigenvalue weighted by molar-refractivity contribution is 0.0931. The molecule has 1 amide bonds. The van der Waals surface area contributed by atoms with Crippen LogP contribution in [-0.4, -0.2) is 40.0 Å². The minimum atomic E-state index is 0.0420. The van der Waals surface area contributed by atoms with Crippen molar-refractivity contribution in [1.29, 1.82) is 0 Å². The van der Waals surface area contributed by atoms with Crippen molar-refractivity contribution in [2.24, 2.45) is 0 Å². The Bertz CT molecular complexity index is 1060. The van der Waals surface area contributed by atoms with E-state index in [2.05, 4.69) is 41.0 Å². The second-order valence-corrected chi connectivity index (χ2v) is 9.51. The summed E-state index contributed by atoms with van der Waals surface area (Å²) < 4.78 is 0. The van der Waals surface area contributed by atoms with Crippen molar-refractivity contribution in [2.45, 2.75) is 52.5 Å². The first-order chi connectivity index (χ1) is 14.9. The second kappa shape index (κ2) is 9.14. The van der Waals surface area contributed by atoms with Crippen LogP contribution in [0.15, 0.2) is 36.1 Å². The molecule has 0 aliphatic carbocycles. The Morgan fingerprint density at radius 2 is 1.90 bits per heavy atom. The molecule has 0 aromatic carbocycles. The lowest BCUT2D eigenvalue weighted by Gasteiger charge is -2.32. The molecule has 3 aromatic rings. The molecule has 1 aliphatic rings. The topological polar surface area (TPSA) is 71.0 Å². The summed E-state index contributed by atoms with van der Waals surface area (Å²) in [7, 11) is 0. The van der Waals surface area contributed by atoms with Crippen LogP contribution in [0.25, 0.3) is 11.1 Å². The van der Waals surface area contributed by atoms with Crippen LogP contribution < -0.4 is 10.2 Å².